The van der Waals surface area contributed by atoms with E-state index in [0.29, 0.717) is 0 Å². The number of benzene rings is 2. The van der Waals surface area contributed by atoms with E-state index in [-0.39, 0.29) is 11.8 Å². The lowest BCUT2D eigenvalue weighted by molar-refractivity contribution is -0.117. The molecule has 2 aliphatic rings. The Kier molecular flexibility index (Phi) is 5.84. The van der Waals surface area contributed by atoms with Gasteiger partial charge in [-0.2, -0.15) is 0 Å². The second kappa shape index (κ2) is 8.05. The number of carbonyl (C=O) groups excluding carboxylic acids is 2. The molecular weight excluding hydrogens is 524 g/mol. The third-order valence-electron chi connectivity index (χ3n) is 5.04. The van der Waals surface area contributed by atoms with Crippen molar-refractivity contribution in [3.63, 3.8) is 0 Å². The molecule has 2 aromatic carbocycles. The van der Waals surface area contributed by atoms with E-state index < -0.39 is 0 Å². The number of hydrogen-bond acceptors (Lipinski definition) is 4. The number of fused-ring (bicyclic) bond motifs is 2. The molecule has 8 heteroatoms. The van der Waals surface area contributed by atoms with Crippen LogP contribution in [-0.2, 0) is 22.4 Å². The topological polar surface area (TPSA) is 40.6 Å². The number of rotatable bonds is 3. The molecule has 4 rings (SSSR count). The van der Waals surface area contributed by atoms with Crippen molar-refractivity contribution in [1.29, 1.82) is 0 Å². The normalized spacial score (nSPS) is 15.0. The Bertz CT molecular complexity index is 917. The van der Waals surface area contributed by atoms with Crippen LogP contribution in [-0.4, -0.2) is 24.9 Å². The van der Waals surface area contributed by atoms with Crippen LogP contribution < -0.4 is 9.80 Å². The van der Waals surface area contributed by atoms with Crippen LogP contribution in [0, 0.1) is 0 Å². The van der Waals surface area contributed by atoms with Crippen molar-refractivity contribution < 1.29 is 9.59 Å². The highest BCUT2D eigenvalue weighted by atomic mass is 79.9. The van der Waals surface area contributed by atoms with Gasteiger partial charge in [0.25, 0.3) is 0 Å². The van der Waals surface area contributed by atoms with Crippen LogP contribution in [0.2, 0.25) is 0 Å². The lowest BCUT2D eigenvalue weighted by Gasteiger charge is -2.16. The second-order valence-corrected chi connectivity index (χ2v) is 10.8. The van der Waals surface area contributed by atoms with Crippen LogP contribution in [0.15, 0.2) is 43.0 Å². The fourth-order valence-electron chi connectivity index (χ4n) is 3.65. The number of carbonyl (C=O) groups is 2. The molecule has 2 aromatic rings. The zero-order valence-electron chi connectivity index (χ0n) is 15.4. The standard InChI is InChI=1S/C20H18Br2N2O2S2/c1-11(25)23-5-3-13-7-19(15(21)9-17(13)23)27-28-20-8-14-4-6-24(12(2)26)18(14)10-16(20)22/h7-10H,3-6H2,1-2H3. The van der Waals surface area contributed by atoms with Gasteiger partial charge in [-0.15, -0.1) is 0 Å². The Balaban J connectivity index is 1.55. The smallest absolute Gasteiger partial charge is 0.223 e. The molecular formula is C20H18Br2N2O2S2. The third-order valence-corrected chi connectivity index (χ3v) is 9.32. The van der Waals surface area contributed by atoms with Gasteiger partial charge in [0.05, 0.1) is 0 Å². The van der Waals surface area contributed by atoms with Crippen molar-refractivity contribution in [2.45, 2.75) is 36.5 Å². The summed E-state index contributed by atoms with van der Waals surface area (Å²) in [5.41, 5.74) is 4.45. The first-order chi connectivity index (χ1) is 13.3. The first kappa shape index (κ1) is 20.3. The Morgan fingerprint density at radius 1 is 0.786 bits per heavy atom. The zero-order valence-corrected chi connectivity index (χ0v) is 20.2. The maximum atomic E-state index is 11.8. The molecule has 4 nitrogen and oxygen atoms in total. The maximum absolute atomic E-state index is 11.8. The predicted octanol–water partition coefficient (Wildman–Crippen LogP) is 5.83. The Morgan fingerprint density at radius 2 is 1.18 bits per heavy atom. The number of amides is 2. The highest BCUT2D eigenvalue weighted by molar-refractivity contribution is 9.11. The molecule has 2 aliphatic heterocycles. The SMILES string of the molecule is CC(=O)N1CCc2cc(SSc3cc4c(cc3Br)N(C(C)=O)CC4)c(Br)cc21. The first-order valence-corrected chi connectivity index (χ1v) is 12.6. The van der Waals surface area contributed by atoms with E-state index in [1.165, 1.54) is 11.1 Å². The van der Waals surface area contributed by atoms with E-state index in [1.54, 1.807) is 35.4 Å². The van der Waals surface area contributed by atoms with E-state index in [0.717, 1.165) is 56.0 Å². The van der Waals surface area contributed by atoms with Gasteiger partial charge in [0.15, 0.2) is 0 Å². The van der Waals surface area contributed by atoms with E-state index >= 15 is 0 Å². The van der Waals surface area contributed by atoms with Crippen molar-refractivity contribution in [2.75, 3.05) is 22.9 Å². The van der Waals surface area contributed by atoms with Crippen LogP contribution >= 0.6 is 53.4 Å². The minimum Gasteiger partial charge on any atom is -0.312 e. The van der Waals surface area contributed by atoms with Gasteiger partial charge in [0.2, 0.25) is 11.8 Å². The van der Waals surface area contributed by atoms with Crippen molar-refractivity contribution in [3.8, 4) is 0 Å². The summed E-state index contributed by atoms with van der Waals surface area (Å²) >= 11 is 7.33. The Labute approximate surface area is 189 Å². The van der Waals surface area contributed by atoms with Crippen LogP contribution in [0.3, 0.4) is 0 Å². The molecule has 146 valence electrons. The highest BCUT2D eigenvalue weighted by Crippen LogP contribution is 2.47. The minimum absolute atomic E-state index is 0.0853. The third kappa shape index (κ3) is 3.76. The van der Waals surface area contributed by atoms with Crippen molar-refractivity contribution in [1.82, 2.24) is 0 Å². The molecule has 0 bridgehead atoms. The molecule has 2 amide bonds. The first-order valence-electron chi connectivity index (χ1n) is 8.90. The maximum Gasteiger partial charge on any atom is 0.223 e. The number of hydrogen-bond donors (Lipinski definition) is 0. The zero-order chi connectivity index (χ0) is 20.0. The summed E-state index contributed by atoms with van der Waals surface area (Å²) in [7, 11) is 3.40. The molecule has 0 saturated heterocycles. The van der Waals surface area contributed by atoms with Gasteiger partial charge in [-0.25, -0.2) is 0 Å². The van der Waals surface area contributed by atoms with Crippen LogP contribution in [0.5, 0.6) is 0 Å². The summed E-state index contributed by atoms with van der Waals surface area (Å²) in [4.78, 5) is 29.5. The molecule has 0 saturated carbocycles. The van der Waals surface area contributed by atoms with Crippen LogP contribution in [0.1, 0.15) is 25.0 Å². The van der Waals surface area contributed by atoms with E-state index in [2.05, 4.69) is 56.1 Å². The molecule has 28 heavy (non-hydrogen) atoms. The molecule has 0 radical (unpaired) electrons. The van der Waals surface area contributed by atoms with E-state index in [1.807, 2.05) is 9.80 Å². The quantitative estimate of drug-likeness (QED) is 0.458. The minimum atomic E-state index is 0.0853. The lowest BCUT2D eigenvalue weighted by atomic mass is 10.2. The predicted molar refractivity (Wildman–Crippen MR) is 123 cm³/mol. The average molecular weight is 542 g/mol. The van der Waals surface area contributed by atoms with Gasteiger partial charge >= 0.3 is 0 Å². The summed E-state index contributed by atoms with van der Waals surface area (Å²) in [5, 5.41) is 0. The molecule has 0 spiro atoms. The molecule has 0 N–H and O–H groups in total. The monoisotopic (exact) mass is 540 g/mol. The molecule has 2 heterocycles. The average Bonchev–Trinajstić information content (AvgIpc) is 3.22. The summed E-state index contributed by atoms with van der Waals surface area (Å²) in [5.74, 6) is 0.171. The molecule has 0 unspecified atom stereocenters. The largest absolute Gasteiger partial charge is 0.312 e. The summed E-state index contributed by atoms with van der Waals surface area (Å²) < 4.78 is 1.99. The second-order valence-electron chi connectivity index (χ2n) is 6.83. The van der Waals surface area contributed by atoms with Gasteiger partial charge in [-0.3, -0.25) is 9.59 Å². The van der Waals surface area contributed by atoms with E-state index in [9.17, 15) is 9.59 Å². The molecule has 0 aliphatic carbocycles. The molecule has 0 aromatic heterocycles. The van der Waals surface area contributed by atoms with Gasteiger partial charge in [-0.05, 0) is 80.1 Å². The fourth-order valence-corrected chi connectivity index (χ4v) is 7.64. The molecule has 0 atom stereocenters. The number of anilines is 2. The Hall–Kier alpha value is -0.960. The Morgan fingerprint density at radius 3 is 1.54 bits per heavy atom. The van der Waals surface area contributed by atoms with Crippen molar-refractivity contribution in [3.05, 3.63) is 44.3 Å². The summed E-state index contributed by atoms with van der Waals surface area (Å²) in [6, 6.07) is 8.46. The summed E-state index contributed by atoms with van der Waals surface area (Å²) in [6.07, 6.45) is 1.79. The highest BCUT2D eigenvalue weighted by Gasteiger charge is 2.25. The van der Waals surface area contributed by atoms with Gasteiger partial charge in [0.1, 0.15) is 0 Å². The van der Waals surface area contributed by atoms with E-state index in [4.69, 9.17) is 0 Å². The molecule has 0 fully saturated rings. The fraction of sp³-hybridized carbons (Fsp3) is 0.300. The van der Waals surface area contributed by atoms with Gasteiger partial charge in [-0.1, -0.05) is 21.6 Å². The van der Waals surface area contributed by atoms with Crippen molar-refractivity contribution >= 4 is 76.6 Å². The van der Waals surface area contributed by atoms with Gasteiger partial charge in [0, 0.05) is 57.0 Å². The number of nitrogens with zero attached hydrogens (tertiary/aromatic N) is 2. The van der Waals surface area contributed by atoms with Crippen LogP contribution in [0.25, 0.3) is 0 Å². The number of halogens is 2. The van der Waals surface area contributed by atoms with Gasteiger partial charge < -0.3 is 9.80 Å². The lowest BCUT2D eigenvalue weighted by Crippen LogP contribution is -2.25. The van der Waals surface area contributed by atoms with Crippen LogP contribution in [0.4, 0.5) is 11.4 Å². The van der Waals surface area contributed by atoms with Crippen molar-refractivity contribution in [2.24, 2.45) is 0 Å². The summed E-state index contributed by atoms with van der Waals surface area (Å²) in [6.45, 7) is 4.73.